The van der Waals surface area contributed by atoms with E-state index in [1.54, 1.807) is 30.3 Å². The van der Waals surface area contributed by atoms with Crippen molar-refractivity contribution < 1.29 is 24.2 Å². The second-order valence-corrected chi connectivity index (χ2v) is 6.15. The van der Waals surface area contributed by atoms with Gasteiger partial charge in [-0.1, -0.05) is 18.2 Å². The van der Waals surface area contributed by atoms with Crippen molar-refractivity contribution in [2.24, 2.45) is 5.92 Å². The van der Waals surface area contributed by atoms with Gasteiger partial charge in [0.15, 0.2) is 18.1 Å². The molecule has 2 aromatic carbocycles. The maximum Gasteiger partial charge on any atom is 0.337 e. The van der Waals surface area contributed by atoms with Gasteiger partial charge in [-0.2, -0.15) is 5.26 Å². The Balaban J connectivity index is 1.71. The topological polar surface area (TPSA) is 109 Å². The molecule has 138 valence electrons. The molecule has 0 spiro atoms. The highest BCUT2D eigenvalue weighted by Crippen LogP contribution is 2.49. The number of hydrogen-bond donors (Lipinski definition) is 2. The van der Waals surface area contributed by atoms with E-state index >= 15 is 0 Å². The summed E-state index contributed by atoms with van der Waals surface area (Å²) in [7, 11) is 1.52. The molecule has 1 aliphatic rings. The number of aromatic carboxylic acids is 1. The number of hydrogen-bond acceptors (Lipinski definition) is 5. The highest BCUT2D eigenvalue weighted by Gasteiger charge is 2.44. The van der Waals surface area contributed by atoms with Gasteiger partial charge in [0.25, 0.3) is 0 Å². The molecule has 2 unspecified atom stereocenters. The van der Waals surface area contributed by atoms with E-state index in [4.69, 9.17) is 14.7 Å². The third kappa shape index (κ3) is 4.01. The number of amides is 1. The lowest BCUT2D eigenvalue weighted by Crippen LogP contribution is -2.17. The lowest BCUT2D eigenvalue weighted by Gasteiger charge is -2.11. The van der Waals surface area contributed by atoms with E-state index in [-0.39, 0.29) is 35.6 Å². The summed E-state index contributed by atoms with van der Waals surface area (Å²) >= 11 is 0. The molecule has 27 heavy (non-hydrogen) atoms. The van der Waals surface area contributed by atoms with E-state index in [0.29, 0.717) is 17.9 Å². The summed E-state index contributed by atoms with van der Waals surface area (Å²) in [6.45, 7) is -0.0969. The van der Waals surface area contributed by atoms with Crippen molar-refractivity contribution >= 4 is 17.6 Å². The zero-order chi connectivity index (χ0) is 19.4. The van der Waals surface area contributed by atoms with E-state index in [9.17, 15) is 14.7 Å². The van der Waals surface area contributed by atoms with Crippen LogP contribution in [0.25, 0.3) is 0 Å². The predicted molar refractivity (Wildman–Crippen MR) is 97.0 cm³/mol. The molecule has 0 heterocycles. The van der Waals surface area contributed by atoms with Crippen molar-refractivity contribution in [3.63, 3.8) is 0 Å². The van der Waals surface area contributed by atoms with Gasteiger partial charge in [-0.3, -0.25) is 4.79 Å². The normalized spacial score (nSPS) is 17.5. The largest absolute Gasteiger partial charge is 0.493 e. The molecule has 1 fully saturated rings. The molecular weight excluding hydrogens is 348 g/mol. The Morgan fingerprint density at radius 2 is 2.04 bits per heavy atom. The van der Waals surface area contributed by atoms with Gasteiger partial charge in [-0.15, -0.1) is 0 Å². The standard InChI is InChI=1S/C20H18N2O5/c1-26-17-7-6-12(10-18(17)27-9-8-21)14-11-15(14)19(23)22-16-5-3-2-4-13(16)20(24)25/h2-7,10,14-15H,9,11H2,1H3,(H,22,23)(H,24,25). The van der Waals surface area contributed by atoms with E-state index in [1.807, 2.05) is 12.1 Å². The van der Waals surface area contributed by atoms with Crippen molar-refractivity contribution in [1.82, 2.24) is 0 Å². The molecule has 0 aliphatic heterocycles. The smallest absolute Gasteiger partial charge is 0.337 e. The lowest BCUT2D eigenvalue weighted by molar-refractivity contribution is -0.117. The number of carbonyl (C=O) groups is 2. The summed E-state index contributed by atoms with van der Waals surface area (Å²) in [6.07, 6.45) is 0.658. The third-order valence-corrected chi connectivity index (χ3v) is 4.45. The van der Waals surface area contributed by atoms with Gasteiger partial charge in [0.2, 0.25) is 5.91 Å². The number of nitriles is 1. The average Bonchev–Trinajstić information content (AvgIpc) is 3.47. The van der Waals surface area contributed by atoms with E-state index < -0.39 is 5.97 Å². The van der Waals surface area contributed by atoms with Crippen LogP contribution in [0.1, 0.15) is 28.3 Å². The SMILES string of the molecule is COc1ccc(C2CC2C(=O)Nc2ccccc2C(=O)O)cc1OCC#N. The predicted octanol–water partition coefficient (Wildman–Crippen LogP) is 3.04. The van der Waals surface area contributed by atoms with Crippen LogP contribution in [0.15, 0.2) is 42.5 Å². The number of carbonyl (C=O) groups excluding carboxylic acids is 1. The van der Waals surface area contributed by atoms with Gasteiger partial charge in [-0.25, -0.2) is 4.79 Å². The van der Waals surface area contributed by atoms with Gasteiger partial charge >= 0.3 is 5.97 Å². The quantitative estimate of drug-likeness (QED) is 0.780. The highest BCUT2D eigenvalue weighted by molar-refractivity contribution is 6.02. The van der Waals surface area contributed by atoms with Crippen molar-refractivity contribution in [1.29, 1.82) is 5.26 Å². The molecule has 1 saturated carbocycles. The van der Waals surface area contributed by atoms with Crippen molar-refractivity contribution in [3.05, 3.63) is 53.6 Å². The number of carboxylic acid groups (broad SMARTS) is 1. The Hall–Kier alpha value is -3.53. The number of rotatable bonds is 7. The molecule has 2 aromatic rings. The van der Waals surface area contributed by atoms with Crippen LogP contribution in [0.2, 0.25) is 0 Å². The number of nitrogens with one attached hydrogen (secondary N) is 1. The molecule has 0 radical (unpaired) electrons. The fourth-order valence-corrected chi connectivity index (χ4v) is 3.00. The number of methoxy groups -OCH3 is 1. The van der Waals surface area contributed by atoms with Crippen LogP contribution >= 0.6 is 0 Å². The van der Waals surface area contributed by atoms with Crippen molar-refractivity contribution in [2.75, 3.05) is 19.0 Å². The zero-order valence-corrected chi connectivity index (χ0v) is 14.6. The van der Waals surface area contributed by atoms with Crippen LogP contribution < -0.4 is 14.8 Å². The zero-order valence-electron chi connectivity index (χ0n) is 14.6. The number of nitrogens with zero attached hydrogens (tertiary/aromatic N) is 1. The number of benzene rings is 2. The summed E-state index contributed by atoms with van der Waals surface area (Å²) in [6, 6.07) is 13.6. The minimum Gasteiger partial charge on any atom is -0.493 e. The first kappa shape index (κ1) is 18.3. The Bertz CT molecular complexity index is 919. The molecule has 0 saturated heterocycles. The second-order valence-electron chi connectivity index (χ2n) is 6.15. The summed E-state index contributed by atoms with van der Waals surface area (Å²) < 4.78 is 10.6. The summed E-state index contributed by atoms with van der Waals surface area (Å²) in [5, 5.41) is 20.6. The first-order chi connectivity index (χ1) is 13.0. The molecule has 1 amide bonds. The Morgan fingerprint density at radius 1 is 1.26 bits per heavy atom. The fourth-order valence-electron chi connectivity index (χ4n) is 3.00. The maximum atomic E-state index is 12.5. The molecule has 0 bridgehead atoms. The van der Waals surface area contributed by atoms with E-state index in [0.717, 1.165) is 5.56 Å². The molecule has 1 aliphatic carbocycles. The van der Waals surface area contributed by atoms with Gasteiger partial charge in [0, 0.05) is 5.92 Å². The minimum atomic E-state index is -1.09. The minimum absolute atomic E-state index is 0.0114. The molecular formula is C20H18N2O5. The molecule has 3 rings (SSSR count). The third-order valence-electron chi connectivity index (χ3n) is 4.45. The van der Waals surface area contributed by atoms with Crippen LogP contribution in [-0.2, 0) is 4.79 Å². The summed E-state index contributed by atoms with van der Waals surface area (Å²) in [5.74, 6) is -0.567. The average molecular weight is 366 g/mol. The number of para-hydroxylation sites is 1. The van der Waals surface area contributed by atoms with Crippen molar-refractivity contribution in [2.45, 2.75) is 12.3 Å². The fraction of sp³-hybridized carbons (Fsp3) is 0.250. The van der Waals surface area contributed by atoms with Crippen molar-refractivity contribution in [3.8, 4) is 17.6 Å². The molecule has 2 N–H and O–H groups in total. The van der Waals surface area contributed by atoms with Gasteiger partial charge in [0.05, 0.1) is 18.4 Å². The van der Waals surface area contributed by atoms with Crippen LogP contribution in [0.3, 0.4) is 0 Å². The Morgan fingerprint density at radius 3 is 2.74 bits per heavy atom. The van der Waals surface area contributed by atoms with E-state index in [2.05, 4.69) is 5.32 Å². The monoisotopic (exact) mass is 366 g/mol. The van der Waals surface area contributed by atoms with Crippen LogP contribution in [0.4, 0.5) is 5.69 Å². The van der Waals surface area contributed by atoms with Gasteiger partial charge in [0.1, 0.15) is 6.07 Å². The molecule has 7 heteroatoms. The van der Waals surface area contributed by atoms with E-state index in [1.165, 1.54) is 13.2 Å². The van der Waals surface area contributed by atoms with Gasteiger partial charge in [-0.05, 0) is 42.2 Å². The van der Waals surface area contributed by atoms with Crippen LogP contribution in [0, 0.1) is 17.2 Å². The molecule has 0 aromatic heterocycles. The Kier molecular flexibility index (Phi) is 5.27. The van der Waals surface area contributed by atoms with Crippen LogP contribution in [0.5, 0.6) is 11.5 Å². The lowest BCUT2D eigenvalue weighted by atomic mass is 10.1. The summed E-state index contributed by atoms with van der Waals surface area (Å²) in [4.78, 5) is 23.8. The maximum absolute atomic E-state index is 12.5. The summed E-state index contributed by atoms with van der Waals surface area (Å²) in [5.41, 5.74) is 1.25. The van der Waals surface area contributed by atoms with Gasteiger partial charge < -0.3 is 19.9 Å². The Labute approximate surface area is 156 Å². The van der Waals surface area contributed by atoms with Crippen LogP contribution in [-0.4, -0.2) is 30.7 Å². The number of carboxylic acids is 1. The first-order valence-corrected chi connectivity index (χ1v) is 8.36. The first-order valence-electron chi connectivity index (χ1n) is 8.36. The second kappa shape index (κ2) is 7.79. The highest BCUT2D eigenvalue weighted by atomic mass is 16.5. The number of ether oxygens (including phenoxy) is 2. The number of anilines is 1. The molecule has 7 nitrogen and oxygen atoms in total. The molecule has 2 atom stereocenters.